The summed E-state index contributed by atoms with van der Waals surface area (Å²) in [5.41, 5.74) is 2.18. The number of nitrogens with one attached hydrogen (secondary N) is 1. The van der Waals surface area contributed by atoms with Crippen LogP contribution in [0.15, 0.2) is 6.20 Å². The average Bonchev–Trinajstić information content (AvgIpc) is 2.08. The molecular weight excluding hydrogens is 164 g/mol. The van der Waals surface area contributed by atoms with Crippen LogP contribution in [0.2, 0.25) is 0 Å². The van der Waals surface area contributed by atoms with Crippen molar-refractivity contribution in [3.8, 4) is 0 Å². The van der Waals surface area contributed by atoms with Crippen LogP contribution < -0.4 is 10.2 Å². The maximum atomic E-state index is 4.41. The summed E-state index contributed by atoms with van der Waals surface area (Å²) in [6, 6.07) is 0. The van der Waals surface area contributed by atoms with E-state index in [1.807, 2.05) is 39.2 Å². The van der Waals surface area contributed by atoms with Crippen LogP contribution in [0.25, 0.3) is 0 Å². The Bertz CT molecular complexity index is 283. The lowest BCUT2D eigenvalue weighted by Crippen LogP contribution is -2.16. The summed E-state index contributed by atoms with van der Waals surface area (Å²) in [7, 11) is 5.79. The van der Waals surface area contributed by atoms with Crippen LogP contribution in [-0.2, 0) is 6.54 Å². The Morgan fingerprint density at radius 3 is 2.69 bits per heavy atom. The molecule has 0 spiro atoms. The van der Waals surface area contributed by atoms with Crippen molar-refractivity contribution in [2.75, 3.05) is 26.0 Å². The predicted octanol–water partition coefficient (Wildman–Crippen LogP) is 0.570. The number of anilines is 1. The van der Waals surface area contributed by atoms with Gasteiger partial charge in [0.05, 0.1) is 5.69 Å². The van der Waals surface area contributed by atoms with Crippen LogP contribution in [0, 0.1) is 6.92 Å². The molecule has 0 saturated heterocycles. The van der Waals surface area contributed by atoms with Crippen molar-refractivity contribution in [3.05, 3.63) is 17.5 Å². The van der Waals surface area contributed by atoms with Crippen LogP contribution in [0.5, 0.6) is 0 Å². The molecule has 1 aromatic heterocycles. The van der Waals surface area contributed by atoms with Gasteiger partial charge in [0.2, 0.25) is 5.95 Å². The smallest absolute Gasteiger partial charge is 0.225 e. The fourth-order valence-corrected chi connectivity index (χ4v) is 1.03. The molecule has 0 unspecified atom stereocenters. The van der Waals surface area contributed by atoms with E-state index in [4.69, 9.17) is 0 Å². The quantitative estimate of drug-likeness (QED) is 0.738. The maximum absolute atomic E-state index is 4.41. The average molecular weight is 180 g/mol. The Labute approximate surface area is 79.0 Å². The highest BCUT2D eigenvalue weighted by Crippen LogP contribution is 2.08. The predicted molar refractivity (Wildman–Crippen MR) is 53.9 cm³/mol. The first-order valence-electron chi connectivity index (χ1n) is 4.29. The summed E-state index contributed by atoms with van der Waals surface area (Å²) in [6.07, 6.45) is 1.86. The minimum Gasteiger partial charge on any atom is -0.347 e. The molecule has 0 atom stereocenters. The largest absolute Gasteiger partial charge is 0.347 e. The van der Waals surface area contributed by atoms with Crippen LogP contribution in [-0.4, -0.2) is 31.1 Å². The summed E-state index contributed by atoms with van der Waals surface area (Å²) in [5, 5.41) is 3.08. The SMILES string of the molecule is CNCc1nc(N(C)C)ncc1C. The molecule has 0 saturated carbocycles. The van der Waals surface area contributed by atoms with Gasteiger partial charge in [0.1, 0.15) is 0 Å². The van der Waals surface area contributed by atoms with Crippen molar-refractivity contribution in [3.63, 3.8) is 0 Å². The van der Waals surface area contributed by atoms with E-state index in [9.17, 15) is 0 Å². The monoisotopic (exact) mass is 180 g/mol. The van der Waals surface area contributed by atoms with E-state index in [1.165, 1.54) is 0 Å². The molecule has 0 aliphatic rings. The van der Waals surface area contributed by atoms with Gasteiger partial charge in [-0.05, 0) is 19.5 Å². The summed E-state index contributed by atoms with van der Waals surface area (Å²) in [4.78, 5) is 10.5. The van der Waals surface area contributed by atoms with Crippen molar-refractivity contribution in [1.29, 1.82) is 0 Å². The third-order valence-electron chi connectivity index (χ3n) is 1.81. The fourth-order valence-electron chi connectivity index (χ4n) is 1.03. The first-order valence-corrected chi connectivity index (χ1v) is 4.29. The van der Waals surface area contributed by atoms with Crippen molar-refractivity contribution in [2.24, 2.45) is 0 Å². The maximum Gasteiger partial charge on any atom is 0.225 e. The Morgan fingerprint density at radius 1 is 1.46 bits per heavy atom. The number of hydrogen-bond acceptors (Lipinski definition) is 4. The Balaban J connectivity index is 2.97. The third kappa shape index (κ3) is 2.39. The van der Waals surface area contributed by atoms with Gasteiger partial charge in [0, 0.05) is 26.8 Å². The van der Waals surface area contributed by atoms with Crippen LogP contribution >= 0.6 is 0 Å². The molecule has 0 radical (unpaired) electrons. The van der Waals surface area contributed by atoms with E-state index in [0.717, 1.165) is 23.8 Å². The molecule has 72 valence electrons. The highest BCUT2D eigenvalue weighted by molar-refractivity contribution is 5.30. The molecule has 0 aliphatic carbocycles. The van der Waals surface area contributed by atoms with E-state index in [0.29, 0.717) is 0 Å². The van der Waals surface area contributed by atoms with Gasteiger partial charge in [0.25, 0.3) is 0 Å². The van der Waals surface area contributed by atoms with Crippen molar-refractivity contribution < 1.29 is 0 Å². The van der Waals surface area contributed by atoms with Crippen molar-refractivity contribution >= 4 is 5.95 Å². The minimum atomic E-state index is 0.760. The molecule has 13 heavy (non-hydrogen) atoms. The van der Waals surface area contributed by atoms with Gasteiger partial charge in [-0.15, -0.1) is 0 Å². The van der Waals surface area contributed by atoms with Gasteiger partial charge >= 0.3 is 0 Å². The Hall–Kier alpha value is -1.16. The van der Waals surface area contributed by atoms with Gasteiger partial charge in [-0.3, -0.25) is 0 Å². The molecule has 1 heterocycles. The van der Waals surface area contributed by atoms with Crippen molar-refractivity contribution in [2.45, 2.75) is 13.5 Å². The summed E-state index contributed by atoms with van der Waals surface area (Å²) < 4.78 is 0. The third-order valence-corrected chi connectivity index (χ3v) is 1.81. The molecule has 1 rings (SSSR count). The number of rotatable bonds is 3. The topological polar surface area (TPSA) is 41.1 Å². The lowest BCUT2D eigenvalue weighted by molar-refractivity contribution is 0.774. The van der Waals surface area contributed by atoms with E-state index in [2.05, 4.69) is 15.3 Å². The number of hydrogen-bond donors (Lipinski definition) is 1. The first kappa shape index (κ1) is 9.92. The molecule has 4 nitrogen and oxygen atoms in total. The number of nitrogens with zero attached hydrogens (tertiary/aromatic N) is 3. The summed E-state index contributed by atoms with van der Waals surface area (Å²) >= 11 is 0. The lowest BCUT2D eigenvalue weighted by atomic mass is 10.2. The second-order valence-electron chi connectivity index (χ2n) is 3.22. The van der Waals surface area contributed by atoms with Crippen molar-refractivity contribution in [1.82, 2.24) is 15.3 Å². The second kappa shape index (κ2) is 4.18. The summed E-state index contributed by atoms with van der Waals surface area (Å²) in [5.74, 6) is 0.760. The number of aryl methyl sites for hydroxylation is 1. The molecule has 0 amide bonds. The van der Waals surface area contributed by atoms with Gasteiger partial charge < -0.3 is 10.2 Å². The van der Waals surface area contributed by atoms with E-state index in [1.54, 1.807) is 0 Å². The molecule has 0 aromatic carbocycles. The molecule has 1 aromatic rings. The first-order chi connectivity index (χ1) is 6.15. The Kier molecular flexibility index (Phi) is 3.19. The minimum absolute atomic E-state index is 0.760. The van der Waals surface area contributed by atoms with E-state index < -0.39 is 0 Å². The van der Waals surface area contributed by atoms with Crippen LogP contribution in [0.1, 0.15) is 11.3 Å². The molecule has 0 fully saturated rings. The molecule has 4 heteroatoms. The Morgan fingerprint density at radius 2 is 2.15 bits per heavy atom. The second-order valence-corrected chi connectivity index (χ2v) is 3.22. The molecule has 0 bridgehead atoms. The van der Waals surface area contributed by atoms with Crippen LogP contribution in [0.4, 0.5) is 5.95 Å². The van der Waals surface area contributed by atoms with Crippen LogP contribution in [0.3, 0.4) is 0 Å². The zero-order valence-electron chi connectivity index (χ0n) is 8.63. The van der Waals surface area contributed by atoms with Gasteiger partial charge in [0.15, 0.2) is 0 Å². The number of aromatic nitrogens is 2. The fraction of sp³-hybridized carbons (Fsp3) is 0.556. The highest BCUT2D eigenvalue weighted by Gasteiger charge is 2.03. The summed E-state index contributed by atoms with van der Waals surface area (Å²) in [6.45, 7) is 2.81. The standard InChI is InChI=1S/C9H16N4/c1-7-5-11-9(13(3)4)12-8(7)6-10-2/h5,10H,6H2,1-4H3. The van der Waals surface area contributed by atoms with Gasteiger partial charge in [-0.1, -0.05) is 0 Å². The van der Waals surface area contributed by atoms with E-state index in [-0.39, 0.29) is 0 Å². The lowest BCUT2D eigenvalue weighted by Gasteiger charge is -2.12. The van der Waals surface area contributed by atoms with E-state index >= 15 is 0 Å². The zero-order chi connectivity index (χ0) is 9.84. The molecule has 1 N–H and O–H groups in total. The molecular formula is C9H16N4. The highest BCUT2D eigenvalue weighted by atomic mass is 15.2. The van der Waals surface area contributed by atoms with Gasteiger partial charge in [-0.2, -0.15) is 0 Å². The molecule has 0 aliphatic heterocycles. The van der Waals surface area contributed by atoms with Gasteiger partial charge in [-0.25, -0.2) is 9.97 Å². The zero-order valence-corrected chi connectivity index (χ0v) is 8.63. The normalized spacial score (nSPS) is 10.2.